The number of anilines is 1. The smallest absolute Gasteiger partial charge is 0.394 e. The van der Waals surface area contributed by atoms with Crippen LogP contribution in [0.25, 0.3) is 0 Å². The summed E-state index contributed by atoms with van der Waals surface area (Å²) in [5, 5.41) is 19.5. The van der Waals surface area contributed by atoms with Crippen LogP contribution in [0.5, 0.6) is 0 Å². The van der Waals surface area contributed by atoms with Crippen molar-refractivity contribution in [2.75, 3.05) is 18.0 Å². The number of carboxylic acid groups (broad SMARTS) is 1. The predicted octanol–water partition coefficient (Wildman–Crippen LogP) is 4.36. The first-order valence-electron chi connectivity index (χ1n) is 11.7. The number of nitrogens with zero attached hydrogens (tertiary/aromatic N) is 2. The number of aliphatic hydroxyl groups is 1. The Morgan fingerprint density at radius 1 is 1.18 bits per heavy atom. The summed E-state index contributed by atoms with van der Waals surface area (Å²) in [5.41, 5.74) is -3.24. The SMILES string of the molecule is C[C@@]1(C(=O)O)C[C@@H](O)CN1C(=O)c1ccc(N2CCCCC2CC2(C(F)(F)F)CCC2)c(F)c1. The van der Waals surface area contributed by atoms with Crippen LogP contribution < -0.4 is 4.90 Å². The number of amides is 1. The van der Waals surface area contributed by atoms with Crippen LogP contribution in [0.2, 0.25) is 0 Å². The number of rotatable bonds is 5. The van der Waals surface area contributed by atoms with Gasteiger partial charge in [-0.15, -0.1) is 0 Å². The summed E-state index contributed by atoms with van der Waals surface area (Å²) in [6.07, 6.45) is -2.71. The van der Waals surface area contributed by atoms with Gasteiger partial charge >= 0.3 is 12.1 Å². The molecule has 2 N–H and O–H groups in total. The zero-order valence-corrected chi connectivity index (χ0v) is 19.1. The van der Waals surface area contributed by atoms with E-state index < -0.39 is 47.0 Å². The number of hydrogen-bond acceptors (Lipinski definition) is 4. The van der Waals surface area contributed by atoms with E-state index in [4.69, 9.17) is 0 Å². The normalized spacial score (nSPS) is 29.1. The van der Waals surface area contributed by atoms with Crippen molar-refractivity contribution in [3.8, 4) is 0 Å². The number of hydrogen-bond donors (Lipinski definition) is 2. The Balaban J connectivity index is 1.57. The van der Waals surface area contributed by atoms with E-state index in [-0.39, 0.29) is 43.5 Å². The quantitative estimate of drug-likeness (QED) is 0.605. The summed E-state index contributed by atoms with van der Waals surface area (Å²) in [7, 11) is 0. The molecule has 3 atom stereocenters. The summed E-state index contributed by atoms with van der Waals surface area (Å²) in [5.74, 6) is -2.71. The molecule has 0 spiro atoms. The first-order chi connectivity index (χ1) is 15.9. The topological polar surface area (TPSA) is 81.1 Å². The van der Waals surface area contributed by atoms with Gasteiger partial charge in [-0.05, 0) is 63.6 Å². The Hall–Kier alpha value is -2.36. The van der Waals surface area contributed by atoms with Gasteiger partial charge in [-0.3, -0.25) is 4.79 Å². The molecular formula is C24H30F4N2O4. The molecule has 1 amide bonds. The first-order valence-corrected chi connectivity index (χ1v) is 11.7. The molecule has 34 heavy (non-hydrogen) atoms. The van der Waals surface area contributed by atoms with Crippen LogP contribution in [0.4, 0.5) is 23.2 Å². The molecule has 0 bridgehead atoms. The van der Waals surface area contributed by atoms with E-state index in [2.05, 4.69) is 0 Å². The number of β-amino-alcohol motifs (C(OH)–C–C–N with tert-alkyl or cyclic N) is 1. The number of carbonyl (C=O) groups excluding carboxylic acids is 1. The van der Waals surface area contributed by atoms with Crippen molar-refractivity contribution in [1.29, 1.82) is 0 Å². The maximum absolute atomic E-state index is 15.2. The highest BCUT2D eigenvalue weighted by Crippen LogP contribution is 2.57. The minimum absolute atomic E-state index is 0.0675. The fourth-order valence-electron chi connectivity index (χ4n) is 5.77. The molecule has 0 aromatic heterocycles. The lowest BCUT2D eigenvalue weighted by atomic mass is 9.64. The highest BCUT2D eigenvalue weighted by molar-refractivity contribution is 5.98. The summed E-state index contributed by atoms with van der Waals surface area (Å²) in [6, 6.07) is 3.34. The first kappa shape index (κ1) is 24.8. The van der Waals surface area contributed by atoms with Crippen LogP contribution in [-0.2, 0) is 4.79 Å². The fourth-order valence-corrected chi connectivity index (χ4v) is 5.77. The molecule has 1 aromatic rings. The number of halogens is 4. The maximum Gasteiger partial charge on any atom is 0.394 e. The van der Waals surface area contributed by atoms with Crippen molar-refractivity contribution >= 4 is 17.6 Å². The Bertz CT molecular complexity index is 965. The third kappa shape index (κ3) is 4.14. The molecule has 2 heterocycles. The molecule has 2 saturated heterocycles. The Kier molecular flexibility index (Phi) is 6.33. The summed E-state index contributed by atoms with van der Waals surface area (Å²) in [4.78, 5) is 27.5. The minimum Gasteiger partial charge on any atom is -0.480 e. The van der Waals surface area contributed by atoms with Crippen LogP contribution in [-0.4, -0.2) is 63.9 Å². The van der Waals surface area contributed by atoms with Gasteiger partial charge in [0.05, 0.1) is 17.2 Å². The second-order valence-electron chi connectivity index (χ2n) is 10.2. The number of piperidine rings is 1. The average molecular weight is 487 g/mol. The molecule has 10 heteroatoms. The van der Waals surface area contributed by atoms with Crippen LogP contribution in [0, 0.1) is 11.2 Å². The van der Waals surface area contributed by atoms with Crippen molar-refractivity contribution < 1.29 is 37.4 Å². The predicted molar refractivity (Wildman–Crippen MR) is 116 cm³/mol. The number of carboxylic acids is 1. The second kappa shape index (κ2) is 8.70. The molecular weight excluding hydrogens is 456 g/mol. The number of likely N-dealkylation sites (tertiary alicyclic amines) is 1. The minimum atomic E-state index is -4.29. The second-order valence-corrected chi connectivity index (χ2v) is 10.2. The molecule has 4 rings (SSSR count). The largest absolute Gasteiger partial charge is 0.480 e. The molecule has 1 aliphatic carbocycles. The summed E-state index contributed by atoms with van der Waals surface area (Å²) in [6.45, 7) is 1.58. The fraction of sp³-hybridized carbons (Fsp3) is 0.667. The summed E-state index contributed by atoms with van der Waals surface area (Å²) >= 11 is 0. The van der Waals surface area contributed by atoms with Gasteiger partial charge in [-0.25, -0.2) is 9.18 Å². The van der Waals surface area contributed by atoms with E-state index in [0.29, 0.717) is 19.4 Å². The van der Waals surface area contributed by atoms with Gasteiger partial charge in [0.1, 0.15) is 11.4 Å². The monoisotopic (exact) mass is 486 g/mol. The Labute approximate surface area is 195 Å². The van der Waals surface area contributed by atoms with Gasteiger partial charge in [0.25, 0.3) is 5.91 Å². The number of carbonyl (C=O) groups is 2. The van der Waals surface area contributed by atoms with Crippen LogP contribution in [0.1, 0.15) is 68.6 Å². The molecule has 3 aliphatic rings. The Morgan fingerprint density at radius 3 is 2.44 bits per heavy atom. The van der Waals surface area contributed by atoms with Gasteiger partial charge < -0.3 is 20.0 Å². The molecule has 1 unspecified atom stereocenters. The molecule has 1 saturated carbocycles. The lowest BCUT2D eigenvalue weighted by Gasteiger charge is -2.48. The third-order valence-electron chi connectivity index (χ3n) is 8.00. The molecule has 188 valence electrons. The van der Waals surface area contributed by atoms with E-state index in [1.165, 1.54) is 19.1 Å². The number of alkyl halides is 3. The highest BCUT2D eigenvalue weighted by Gasteiger charge is 2.59. The highest BCUT2D eigenvalue weighted by atomic mass is 19.4. The number of aliphatic carboxylic acids is 1. The van der Waals surface area contributed by atoms with Crippen LogP contribution in [0.3, 0.4) is 0 Å². The third-order valence-corrected chi connectivity index (χ3v) is 8.00. The molecule has 2 aliphatic heterocycles. The average Bonchev–Trinajstić information content (AvgIpc) is 3.05. The molecule has 1 aromatic carbocycles. The van der Waals surface area contributed by atoms with E-state index in [1.807, 2.05) is 0 Å². The van der Waals surface area contributed by atoms with Crippen LogP contribution in [0.15, 0.2) is 18.2 Å². The van der Waals surface area contributed by atoms with Gasteiger partial charge in [-0.2, -0.15) is 13.2 Å². The van der Waals surface area contributed by atoms with Crippen molar-refractivity contribution in [2.45, 2.75) is 82.2 Å². The summed E-state index contributed by atoms with van der Waals surface area (Å²) < 4.78 is 56.5. The van der Waals surface area contributed by atoms with E-state index in [9.17, 15) is 33.0 Å². The Morgan fingerprint density at radius 2 is 1.88 bits per heavy atom. The van der Waals surface area contributed by atoms with Crippen LogP contribution >= 0.6 is 0 Å². The molecule has 0 radical (unpaired) electrons. The zero-order chi connectivity index (χ0) is 24.9. The van der Waals surface area contributed by atoms with Gasteiger partial charge in [0, 0.05) is 31.1 Å². The standard InChI is InChI=1S/C24H30F4N2O4/c1-22(21(33)34)13-17(31)14-30(22)20(32)15-6-7-19(18(25)11-15)29-10-3-2-5-16(29)12-23(8-4-9-23)24(26,27)28/h6-7,11,16-17,31H,2-5,8-10,12-14H2,1H3,(H,33,34)/t16?,17-,22+/m1/s1. The number of aliphatic hydroxyl groups excluding tert-OH is 1. The van der Waals surface area contributed by atoms with Crippen molar-refractivity contribution in [3.63, 3.8) is 0 Å². The van der Waals surface area contributed by atoms with E-state index >= 15 is 4.39 Å². The van der Waals surface area contributed by atoms with E-state index in [0.717, 1.165) is 23.8 Å². The number of benzene rings is 1. The molecule has 6 nitrogen and oxygen atoms in total. The van der Waals surface area contributed by atoms with Crippen molar-refractivity contribution in [2.24, 2.45) is 5.41 Å². The lowest BCUT2D eigenvalue weighted by molar-refractivity contribution is -0.255. The van der Waals surface area contributed by atoms with Gasteiger partial charge in [0.2, 0.25) is 0 Å². The van der Waals surface area contributed by atoms with Gasteiger partial charge in [0.15, 0.2) is 0 Å². The zero-order valence-electron chi connectivity index (χ0n) is 19.1. The van der Waals surface area contributed by atoms with Crippen molar-refractivity contribution in [1.82, 2.24) is 4.90 Å². The van der Waals surface area contributed by atoms with Crippen molar-refractivity contribution in [3.05, 3.63) is 29.6 Å². The van der Waals surface area contributed by atoms with Gasteiger partial charge in [-0.1, -0.05) is 6.42 Å². The maximum atomic E-state index is 15.2. The lowest BCUT2D eigenvalue weighted by Crippen LogP contribution is -2.51. The van der Waals surface area contributed by atoms with E-state index in [1.54, 1.807) is 4.90 Å². The molecule has 3 fully saturated rings.